The van der Waals surface area contributed by atoms with Gasteiger partial charge >= 0.3 is 0 Å². The van der Waals surface area contributed by atoms with E-state index in [0.717, 1.165) is 30.8 Å². The van der Waals surface area contributed by atoms with Gasteiger partial charge < -0.3 is 15.2 Å². The van der Waals surface area contributed by atoms with Gasteiger partial charge in [0.05, 0.1) is 19.3 Å². The molecule has 0 aliphatic rings. The van der Waals surface area contributed by atoms with Crippen molar-refractivity contribution in [1.29, 1.82) is 0 Å². The Bertz CT molecular complexity index is 298. The first-order chi connectivity index (χ1) is 8.26. The Hall–Kier alpha value is -1.06. The molecule has 0 spiro atoms. The maximum absolute atomic E-state index is 5.60. The standard InChI is InChI=1S/C14H23NO2/c1-3-12(2)16-9-4-10-17-14-7-5-13(11-15)6-8-14/h5-8,12H,3-4,9-11,15H2,1-2H3. The third-order valence-electron chi connectivity index (χ3n) is 2.69. The second kappa shape index (κ2) is 8.09. The number of rotatable bonds is 8. The molecule has 2 N–H and O–H groups in total. The molecule has 17 heavy (non-hydrogen) atoms. The molecule has 1 unspecified atom stereocenters. The van der Waals surface area contributed by atoms with Gasteiger partial charge in [-0.1, -0.05) is 19.1 Å². The highest BCUT2D eigenvalue weighted by Crippen LogP contribution is 2.12. The predicted octanol–water partition coefficient (Wildman–Crippen LogP) is 2.73. The van der Waals surface area contributed by atoms with E-state index in [0.29, 0.717) is 19.3 Å². The van der Waals surface area contributed by atoms with Crippen LogP contribution in [0.25, 0.3) is 0 Å². The van der Waals surface area contributed by atoms with E-state index in [4.69, 9.17) is 15.2 Å². The summed E-state index contributed by atoms with van der Waals surface area (Å²) in [4.78, 5) is 0. The summed E-state index contributed by atoms with van der Waals surface area (Å²) >= 11 is 0. The molecule has 0 amide bonds. The molecule has 0 fully saturated rings. The second-order valence-corrected chi connectivity index (χ2v) is 4.14. The molecule has 0 bridgehead atoms. The van der Waals surface area contributed by atoms with Crippen LogP contribution < -0.4 is 10.5 Å². The molecule has 0 aromatic heterocycles. The lowest BCUT2D eigenvalue weighted by Gasteiger charge is -2.11. The summed E-state index contributed by atoms with van der Waals surface area (Å²) in [5, 5.41) is 0. The molecular weight excluding hydrogens is 214 g/mol. The average Bonchev–Trinajstić information content (AvgIpc) is 2.38. The number of hydrogen-bond donors (Lipinski definition) is 1. The lowest BCUT2D eigenvalue weighted by Crippen LogP contribution is -2.10. The van der Waals surface area contributed by atoms with Crippen molar-refractivity contribution in [2.75, 3.05) is 13.2 Å². The first kappa shape index (κ1) is 14.0. The lowest BCUT2D eigenvalue weighted by molar-refractivity contribution is 0.0554. The van der Waals surface area contributed by atoms with Crippen LogP contribution in [-0.2, 0) is 11.3 Å². The smallest absolute Gasteiger partial charge is 0.119 e. The SMILES string of the molecule is CCC(C)OCCCOc1ccc(CN)cc1. The topological polar surface area (TPSA) is 44.5 Å². The van der Waals surface area contributed by atoms with Crippen molar-refractivity contribution >= 4 is 0 Å². The van der Waals surface area contributed by atoms with E-state index in [1.54, 1.807) is 0 Å². The van der Waals surface area contributed by atoms with E-state index in [1.165, 1.54) is 0 Å². The third-order valence-corrected chi connectivity index (χ3v) is 2.69. The maximum Gasteiger partial charge on any atom is 0.119 e. The molecule has 0 radical (unpaired) electrons. The number of benzene rings is 1. The van der Waals surface area contributed by atoms with Crippen LogP contribution in [0.15, 0.2) is 24.3 Å². The van der Waals surface area contributed by atoms with Crippen LogP contribution in [0.3, 0.4) is 0 Å². The molecule has 1 rings (SSSR count). The molecule has 0 aliphatic carbocycles. The van der Waals surface area contributed by atoms with Crippen LogP contribution in [0.2, 0.25) is 0 Å². The monoisotopic (exact) mass is 237 g/mol. The zero-order valence-corrected chi connectivity index (χ0v) is 10.8. The summed E-state index contributed by atoms with van der Waals surface area (Å²) in [6, 6.07) is 7.89. The van der Waals surface area contributed by atoms with Crippen molar-refractivity contribution in [3.05, 3.63) is 29.8 Å². The van der Waals surface area contributed by atoms with E-state index in [2.05, 4.69) is 13.8 Å². The number of ether oxygens (including phenoxy) is 2. The first-order valence-electron chi connectivity index (χ1n) is 6.29. The van der Waals surface area contributed by atoms with Gasteiger partial charge in [-0.2, -0.15) is 0 Å². The van der Waals surface area contributed by atoms with Gasteiger partial charge in [0.15, 0.2) is 0 Å². The molecule has 0 saturated heterocycles. The van der Waals surface area contributed by atoms with Crippen molar-refractivity contribution in [1.82, 2.24) is 0 Å². The van der Waals surface area contributed by atoms with Gasteiger partial charge in [-0.3, -0.25) is 0 Å². The van der Waals surface area contributed by atoms with Gasteiger partial charge in [-0.05, 0) is 31.0 Å². The number of hydrogen-bond acceptors (Lipinski definition) is 3. The van der Waals surface area contributed by atoms with Crippen molar-refractivity contribution in [3.63, 3.8) is 0 Å². The van der Waals surface area contributed by atoms with Crippen LogP contribution in [0.5, 0.6) is 5.75 Å². The normalized spacial score (nSPS) is 12.4. The Morgan fingerprint density at radius 3 is 2.47 bits per heavy atom. The van der Waals surface area contributed by atoms with E-state index in [1.807, 2.05) is 24.3 Å². The predicted molar refractivity (Wildman–Crippen MR) is 70.2 cm³/mol. The van der Waals surface area contributed by atoms with Crippen LogP contribution in [0, 0.1) is 0 Å². The number of nitrogens with two attached hydrogens (primary N) is 1. The van der Waals surface area contributed by atoms with Crippen molar-refractivity contribution in [2.24, 2.45) is 5.73 Å². The van der Waals surface area contributed by atoms with Gasteiger partial charge in [-0.25, -0.2) is 0 Å². The fraction of sp³-hybridized carbons (Fsp3) is 0.571. The van der Waals surface area contributed by atoms with Gasteiger partial charge in [0, 0.05) is 13.0 Å². The zero-order valence-electron chi connectivity index (χ0n) is 10.8. The summed E-state index contributed by atoms with van der Waals surface area (Å²) in [7, 11) is 0. The highest BCUT2D eigenvalue weighted by Gasteiger charge is 1.98. The highest BCUT2D eigenvalue weighted by molar-refractivity contribution is 5.26. The van der Waals surface area contributed by atoms with E-state index < -0.39 is 0 Å². The van der Waals surface area contributed by atoms with Crippen LogP contribution >= 0.6 is 0 Å². The average molecular weight is 237 g/mol. The minimum absolute atomic E-state index is 0.346. The summed E-state index contributed by atoms with van der Waals surface area (Å²) in [5.41, 5.74) is 6.65. The third kappa shape index (κ3) is 5.71. The minimum Gasteiger partial charge on any atom is -0.494 e. The summed E-state index contributed by atoms with van der Waals surface area (Å²) in [6.07, 6.45) is 2.32. The highest BCUT2D eigenvalue weighted by atomic mass is 16.5. The molecule has 3 heteroatoms. The van der Waals surface area contributed by atoms with Gasteiger partial charge in [-0.15, -0.1) is 0 Å². The Kier molecular flexibility index (Phi) is 6.67. The van der Waals surface area contributed by atoms with Crippen molar-refractivity contribution in [2.45, 2.75) is 39.3 Å². The van der Waals surface area contributed by atoms with Crippen molar-refractivity contribution < 1.29 is 9.47 Å². The van der Waals surface area contributed by atoms with Crippen molar-refractivity contribution in [3.8, 4) is 5.75 Å². The second-order valence-electron chi connectivity index (χ2n) is 4.14. The molecule has 1 aromatic carbocycles. The van der Waals surface area contributed by atoms with E-state index in [-0.39, 0.29) is 0 Å². The molecule has 1 aromatic rings. The molecule has 96 valence electrons. The molecule has 0 saturated carbocycles. The van der Waals surface area contributed by atoms with Gasteiger partial charge in [0.1, 0.15) is 5.75 Å². The maximum atomic E-state index is 5.60. The fourth-order valence-corrected chi connectivity index (χ4v) is 1.37. The Morgan fingerprint density at radius 2 is 1.88 bits per heavy atom. The fourth-order valence-electron chi connectivity index (χ4n) is 1.37. The Balaban J connectivity index is 2.13. The summed E-state index contributed by atoms with van der Waals surface area (Å²) in [6.45, 7) is 6.24. The summed E-state index contributed by atoms with van der Waals surface area (Å²) in [5.74, 6) is 0.894. The van der Waals surface area contributed by atoms with Crippen LogP contribution in [0.4, 0.5) is 0 Å². The minimum atomic E-state index is 0.346. The van der Waals surface area contributed by atoms with E-state index in [9.17, 15) is 0 Å². The first-order valence-corrected chi connectivity index (χ1v) is 6.29. The molecule has 1 atom stereocenters. The summed E-state index contributed by atoms with van der Waals surface area (Å²) < 4.78 is 11.2. The van der Waals surface area contributed by atoms with Crippen LogP contribution in [-0.4, -0.2) is 19.3 Å². The molecule has 0 heterocycles. The molecule has 3 nitrogen and oxygen atoms in total. The quantitative estimate of drug-likeness (QED) is 0.707. The van der Waals surface area contributed by atoms with E-state index >= 15 is 0 Å². The van der Waals surface area contributed by atoms with Crippen LogP contribution in [0.1, 0.15) is 32.3 Å². The largest absolute Gasteiger partial charge is 0.494 e. The molecule has 0 aliphatic heterocycles. The Morgan fingerprint density at radius 1 is 1.18 bits per heavy atom. The lowest BCUT2D eigenvalue weighted by atomic mass is 10.2. The zero-order chi connectivity index (χ0) is 12.5. The van der Waals surface area contributed by atoms with Gasteiger partial charge in [0.2, 0.25) is 0 Å². The Labute approximate surface area is 104 Å². The van der Waals surface area contributed by atoms with Gasteiger partial charge in [0.25, 0.3) is 0 Å². The molecular formula is C14H23NO2.